The highest BCUT2D eigenvalue weighted by atomic mass is 32.2. The lowest BCUT2D eigenvalue weighted by Gasteiger charge is -2.36. The van der Waals surface area contributed by atoms with E-state index in [0.717, 1.165) is 31.9 Å². The molecule has 1 aliphatic heterocycles. The number of hydrogen-bond acceptors (Lipinski definition) is 4. The zero-order chi connectivity index (χ0) is 20.7. The second-order valence-electron chi connectivity index (χ2n) is 7.51. The van der Waals surface area contributed by atoms with Crippen LogP contribution >= 0.6 is 0 Å². The van der Waals surface area contributed by atoms with E-state index in [0.29, 0.717) is 19.6 Å². The SMILES string of the molecule is CCCCCN(CC(=O)N1CCN(S(=O)(=O)c2cccc(F)c2)CC1)C(C)C. The van der Waals surface area contributed by atoms with Crippen molar-refractivity contribution in [2.75, 3.05) is 39.3 Å². The quantitative estimate of drug-likeness (QED) is 0.584. The molecule has 0 atom stereocenters. The summed E-state index contributed by atoms with van der Waals surface area (Å²) in [4.78, 5) is 16.5. The third-order valence-corrected chi connectivity index (χ3v) is 7.04. The van der Waals surface area contributed by atoms with Crippen molar-refractivity contribution in [2.45, 2.75) is 51.0 Å². The Morgan fingerprint density at radius 3 is 2.43 bits per heavy atom. The molecule has 0 N–H and O–H groups in total. The van der Waals surface area contributed by atoms with Crippen LogP contribution in [0.25, 0.3) is 0 Å². The minimum Gasteiger partial charge on any atom is -0.339 e. The third kappa shape index (κ3) is 5.99. The minimum absolute atomic E-state index is 0.0352. The van der Waals surface area contributed by atoms with Crippen molar-refractivity contribution >= 4 is 15.9 Å². The average molecular weight is 414 g/mol. The van der Waals surface area contributed by atoms with E-state index < -0.39 is 15.8 Å². The van der Waals surface area contributed by atoms with Crippen LogP contribution in [0.15, 0.2) is 29.2 Å². The first kappa shape index (κ1) is 22.8. The summed E-state index contributed by atoms with van der Waals surface area (Å²) in [6.45, 7) is 8.74. The highest BCUT2D eigenvalue weighted by Crippen LogP contribution is 2.18. The maximum Gasteiger partial charge on any atom is 0.243 e. The molecule has 1 aliphatic rings. The van der Waals surface area contributed by atoms with Crippen LogP contribution in [0.2, 0.25) is 0 Å². The molecule has 0 saturated carbocycles. The Bertz CT molecular complexity index is 747. The monoisotopic (exact) mass is 413 g/mol. The number of unbranched alkanes of at least 4 members (excludes halogenated alkanes) is 2. The van der Waals surface area contributed by atoms with Gasteiger partial charge in [0.15, 0.2) is 0 Å². The van der Waals surface area contributed by atoms with E-state index in [1.807, 2.05) is 0 Å². The Morgan fingerprint density at radius 1 is 1.18 bits per heavy atom. The summed E-state index contributed by atoms with van der Waals surface area (Å²) in [5.41, 5.74) is 0. The van der Waals surface area contributed by atoms with E-state index in [9.17, 15) is 17.6 Å². The number of carbonyl (C=O) groups is 1. The lowest BCUT2D eigenvalue weighted by Crippen LogP contribution is -2.53. The van der Waals surface area contributed by atoms with Gasteiger partial charge in [0, 0.05) is 32.2 Å². The molecule has 2 rings (SSSR count). The summed E-state index contributed by atoms with van der Waals surface area (Å²) in [6.07, 6.45) is 3.36. The topological polar surface area (TPSA) is 60.9 Å². The summed E-state index contributed by atoms with van der Waals surface area (Å²) in [7, 11) is -3.74. The zero-order valence-electron chi connectivity index (χ0n) is 17.1. The number of benzene rings is 1. The molecule has 158 valence electrons. The molecule has 0 aliphatic carbocycles. The predicted octanol–water partition coefficient (Wildman–Crippen LogP) is 2.56. The summed E-state index contributed by atoms with van der Waals surface area (Å²) in [6, 6.07) is 5.32. The Kier molecular flexibility index (Phi) is 8.39. The van der Waals surface area contributed by atoms with Crippen molar-refractivity contribution < 1.29 is 17.6 Å². The van der Waals surface area contributed by atoms with Crippen LogP contribution in [-0.2, 0) is 14.8 Å². The molecular weight excluding hydrogens is 381 g/mol. The average Bonchev–Trinajstić information content (AvgIpc) is 2.67. The van der Waals surface area contributed by atoms with Crippen LogP contribution in [0.4, 0.5) is 4.39 Å². The molecule has 8 heteroatoms. The van der Waals surface area contributed by atoms with E-state index in [-0.39, 0.29) is 29.9 Å². The van der Waals surface area contributed by atoms with Gasteiger partial charge < -0.3 is 4.90 Å². The van der Waals surface area contributed by atoms with Gasteiger partial charge in [0.25, 0.3) is 0 Å². The van der Waals surface area contributed by atoms with Crippen molar-refractivity contribution in [3.8, 4) is 0 Å². The van der Waals surface area contributed by atoms with Gasteiger partial charge in [0.05, 0.1) is 11.4 Å². The molecule has 0 aromatic heterocycles. The maximum atomic E-state index is 13.4. The van der Waals surface area contributed by atoms with Crippen LogP contribution < -0.4 is 0 Å². The number of rotatable bonds is 9. The van der Waals surface area contributed by atoms with E-state index in [1.165, 1.54) is 22.5 Å². The Morgan fingerprint density at radius 2 is 1.86 bits per heavy atom. The van der Waals surface area contributed by atoms with Gasteiger partial charge in [0.1, 0.15) is 5.82 Å². The molecule has 1 heterocycles. The summed E-state index contributed by atoms with van der Waals surface area (Å²) < 4.78 is 40.1. The number of carbonyl (C=O) groups excluding carboxylic acids is 1. The molecule has 0 unspecified atom stereocenters. The smallest absolute Gasteiger partial charge is 0.243 e. The van der Waals surface area contributed by atoms with Gasteiger partial charge in [-0.25, -0.2) is 12.8 Å². The first-order chi connectivity index (χ1) is 13.3. The lowest BCUT2D eigenvalue weighted by atomic mass is 10.2. The lowest BCUT2D eigenvalue weighted by molar-refractivity contribution is -0.134. The number of amides is 1. The normalized spacial score (nSPS) is 16.1. The van der Waals surface area contributed by atoms with E-state index in [1.54, 1.807) is 4.90 Å². The molecule has 1 aromatic rings. The molecule has 1 saturated heterocycles. The molecular formula is C20H32FN3O3S. The number of nitrogens with zero attached hydrogens (tertiary/aromatic N) is 3. The van der Waals surface area contributed by atoms with E-state index >= 15 is 0 Å². The van der Waals surface area contributed by atoms with Gasteiger partial charge in [0.2, 0.25) is 15.9 Å². The Labute approximate surface area is 168 Å². The fraction of sp³-hybridized carbons (Fsp3) is 0.650. The molecule has 0 bridgehead atoms. The standard InChI is InChI=1S/C20H32FN3O3S/c1-4-5-6-10-23(17(2)3)16-20(25)22-11-13-24(14-12-22)28(26,27)19-9-7-8-18(21)15-19/h7-9,15,17H,4-6,10-14,16H2,1-3H3. The van der Waals surface area contributed by atoms with Crippen molar-refractivity contribution in [1.29, 1.82) is 0 Å². The molecule has 6 nitrogen and oxygen atoms in total. The van der Waals surface area contributed by atoms with Crippen molar-refractivity contribution in [3.05, 3.63) is 30.1 Å². The molecule has 28 heavy (non-hydrogen) atoms. The number of halogens is 1. The second kappa shape index (κ2) is 10.3. The van der Waals surface area contributed by atoms with Crippen LogP contribution in [-0.4, -0.2) is 73.7 Å². The van der Waals surface area contributed by atoms with Crippen molar-refractivity contribution in [1.82, 2.24) is 14.1 Å². The molecule has 1 amide bonds. The van der Waals surface area contributed by atoms with Crippen molar-refractivity contribution in [2.24, 2.45) is 0 Å². The van der Waals surface area contributed by atoms with Crippen molar-refractivity contribution in [3.63, 3.8) is 0 Å². The minimum atomic E-state index is -3.74. The highest BCUT2D eigenvalue weighted by molar-refractivity contribution is 7.89. The van der Waals surface area contributed by atoms with Crippen LogP contribution in [0.5, 0.6) is 0 Å². The van der Waals surface area contributed by atoms with Crippen LogP contribution in [0, 0.1) is 5.82 Å². The van der Waals surface area contributed by atoms with Gasteiger partial charge in [-0.2, -0.15) is 4.31 Å². The molecule has 1 fully saturated rings. The van der Waals surface area contributed by atoms with E-state index in [4.69, 9.17) is 0 Å². The summed E-state index contributed by atoms with van der Waals surface area (Å²) >= 11 is 0. The van der Waals surface area contributed by atoms with Gasteiger partial charge in [-0.3, -0.25) is 9.69 Å². The van der Waals surface area contributed by atoms with Gasteiger partial charge in [-0.1, -0.05) is 25.8 Å². The van der Waals surface area contributed by atoms with E-state index in [2.05, 4.69) is 25.7 Å². The molecule has 0 spiro atoms. The number of hydrogen-bond donors (Lipinski definition) is 0. The van der Waals surface area contributed by atoms with Gasteiger partial charge in [-0.15, -0.1) is 0 Å². The Hall–Kier alpha value is -1.51. The number of piperazine rings is 1. The van der Waals surface area contributed by atoms with Gasteiger partial charge in [-0.05, 0) is 45.0 Å². The third-order valence-electron chi connectivity index (χ3n) is 5.14. The number of sulfonamides is 1. The summed E-state index contributed by atoms with van der Waals surface area (Å²) in [5, 5.41) is 0. The Balaban J connectivity index is 1.92. The summed E-state index contributed by atoms with van der Waals surface area (Å²) in [5.74, 6) is -0.542. The first-order valence-electron chi connectivity index (χ1n) is 10.0. The van der Waals surface area contributed by atoms with Crippen LogP contribution in [0.1, 0.15) is 40.0 Å². The zero-order valence-corrected chi connectivity index (χ0v) is 17.9. The largest absolute Gasteiger partial charge is 0.339 e. The molecule has 1 aromatic carbocycles. The predicted molar refractivity (Wildman–Crippen MR) is 108 cm³/mol. The van der Waals surface area contributed by atoms with Crippen LogP contribution in [0.3, 0.4) is 0 Å². The maximum absolute atomic E-state index is 13.4. The highest BCUT2D eigenvalue weighted by Gasteiger charge is 2.30. The first-order valence-corrected chi connectivity index (χ1v) is 11.5. The fourth-order valence-electron chi connectivity index (χ4n) is 3.31. The molecule has 0 radical (unpaired) electrons. The second-order valence-corrected chi connectivity index (χ2v) is 9.45. The fourth-order valence-corrected chi connectivity index (χ4v) is 4.77. The van der Waals surface area contributed by atoms with Gasteiger partial charge >= 0.3 is 0 Å².